The molecular weight excluding hydrogens is 330 g/mol. The summed E-state index contributed by atoms with van der Waals surface area (Å²) in [4.78, 5) is 17.6. The first-order chi connectivity index (χ1) is 11.5. The highest BCUT2D eigenvalue weighted by atomic mass is 35.5. The van der Waals surface area contributed by atoms with E-state index in [4.69, 9.17) is 16.3 Å². The molecule has 0 saturated heterocycles. The van der Waals surface area contributed by atoms with Gasteiger partial charge in [-0.1, -0.05) is 11.6 Å². The quantitative estimate of drug-likeness (QED) is 0.741. The molecule has 0 radical (unpaired) electrons. The molecule has 2 aromatic rings. The molecule has 1 aromatic carbocycles. The normalized spacial score (nSPS) is 11.8. The summed E-state index contributed by atoms with van der Waals surface area (Å²) < 4.78 is 7.29. The van der Waals surface area contributed by atoms with E-state index < -0.39 is 0 Å². The van der Waals surface area contributed by atoms with Crippen molar-refractivity contribution in [1.29, 1.82) is 0 Å². The molecule has 0 aliphatic rings. The lowest BCUT2D eigenvalue weighted by Crippen LogP contribution is -2.44. The standard InChI is InChI=1S/C16H22ClN5O2/c1-13(10-22-12-18-11-19-22)20-16(23)21(2)8-3-9-24-15-6-4-14(17)5-7-15/h4-7,11-13H,3,8-10H2,1-2H3,(H,20,23)/t13-/m1/s1. The summed E-state index contributed by atoms with van der Waals surface area (Å²) in [5, 5.41) is 7.62. The Labute approximate surface area is 146 Å². The fourth-order valence-electron chi connectivity index (χ4n) is 2.10. The monoisotopic (exact) mass is 351 g/mol. The van der Waals surface area contributed by atoms with Crippen molar-refractivity contribution >= 4 is 17.6 Å². The number of halogens is 1. The Hall–Kier alpha value is -2.28. The molecule has 0 aliphatic heterocycles. The molecule has 0 bridgehead atoms. The predicted octanol–water partition coefficient (Wildman–Crippen LogP) is 2.43. The maximum absolute atomic E-state index is 12.1. The molecule has 2 rings (SSSR count). The van der Waals surface area contributed by atoms with Crippen molar-refractivity contribution in [2.45, 2.75) is 25.9 Å². The van der Waals surface area contributed by atoms with E-state index in [0.717, 1.165) is 12.2 Å². The lowest BCUT2D eigenvalue weighted by molar-refractivity contribution is 0.198. The van der Waals surface area contributed by atoms with Crippen LogP contribution in [0.4, 0.5) is 4.79 Å². The average Bonchev–Trinajstić information content (AvgIpc) is 3.05. The van der Waals surface area contributed by atoms with Crippen LogP contribution in [0.3, 0.4) is 0 Å². The van der Waals surface area contributed by atoms with Crippen molar-refractivity contribution in [3.05, 3.63) is 41.9 Å². The van der Waals surface area contributed by atoms with E-state index in [2.05, 4.69) is 15.4 Å². The Balaban J connectivity index is 1.63. The molecule has 1 heterocycles. The molecule has 130 valence electrons. The zero-order valence-corrected chi connectivity index (χ0v) is 14.6. The lowest BCUT2D eigenvalue weighted by Gasteiger charge is -2.21. The minimum Gasteiger partial charge on any atom is -0.494 e. The molecular formula is C16H22ClN5O2. The largest absolute Gasteiger partial charge is 0.494 e. The van der Waals surface area contributed by atoms with E-state index in [-0.39, 0.29) is 12.1 Å². The Morgan fingerprint density at radius 3 is 2.83 bits per heavy atom. The molecule has 24 heavy (non-hydrogen) atoms. The lowest BCUT2D eigenvalue weighted by atomic mass is 10.3. The number of aromatic nitrogens is 3. The van der Waals surface area contributed by atoms with Crippen LogP contribution >= 0.6 is 11.6 Å². The number of rotatable bonds is 8. The number of carbonyl (C=O) groups excluding carboxylic acids is 1. The first-order valence-corrected chi connectivity index (χ1v) is 8.15. The first-order valence-electron chi connectivity index (χ1n) is 7.77. The maximum Gasteiger partial charge on any atom is 0.317 e. The van der Waals surface area contributed by atoms with Crippen LogP contribution in [0.5, 0.6) is 5.75 Å². The van der Waals surface area contributed by atoms with Gasteiger partial charge in [0.2, 0.25) is 0 Å². The van der Waals surface area contributed by atoms with E-state index in [1.165, 1.54) is 6.33 Å². The Morgan fingerprint density at radius 1 is 1.42 bits per heavy atom. The van der Waals surface area contributed by atoms with Gasteiger partial charge >= 0.3 is 6.03 Å². The van der Waals surface area contributed by atoms with E-state index >= 15 is 0 Å². The molecule has 0 saturated carbocycles. The number of hydrogen-bond acceptors (Lipinski definition) is 4. The van der Waals surface area contributed by atoms with Crippen LogP contribution in [0, 0.1) is 0 Å². The third kappa shape index (κ3) is 6.08. The molecule has 7 nitrogen and oxygen atoms in total. The fraction of sp³-hybridized carbons (Fsp3) is 0.438. The number of benzene rings is 1. The van der Waals surface area contributed by atoms with Gasteiger partial charge in [-0.3, -0.25) is 4.68 Å². The number of carbonyl (C=O) groups is 1. The number of urea groups is 1. The number of nitrogens with one attached hydrogen (secondary N) is 1. The van der Waals surface area contributed by atoms with Gasteiger partial charge in [-0.25, -0.2) is 9.78 Å². The molecule has 1 N–H and O–H groups in total. The van der Waals surface area contributed by atoms with Gasteiger partial charge in [-0.15, -0.1) is 0 Å². The third-order valence-electron chi connectivity index (χ3n) is 3.36. The van der Waals surface area contributed by atoms with Crippen LogP contribution in [0.1, 0.15) is 13.3 Å². The molecule has 0 unspecified atom stereocenters. The summed E-state index contributed by atoms with van der Waals surface area (Å²) in [7, 11) is 1.76. The van der Waals surface area contributed by atoms with Crippen LogP contribution in [0.25, 0.3) is 0 Å². The molecule has 8 heteroatoms. The van der Waals surface area contributed by atoms with E-state index in [1.54, 1.807) is 35.1 Å². The van der Waals surface area contributed by atoms with Gasteiger partial charge in [0.1, 0.15) is 18.4 Å². The highest BCUT2D eigenvalue weighted by Crippen LogP contribution is 2.15. The van der Waals surface area contributed by atoms with Crippen molar-refractivity contribution in [3.8, 4) is 5.75 Å². The highest BCUT2D eigenvalue weighted by Gasteiger charge is 2.12. The summed E-state index contributed by atoms with van der Waals surface area (Å²) in [6.07, 6.45) is 3.84. The van der Waals surface area contributed by atoms with E-state index in [0.29, 0.717) is 24.7 Å². The number of hydrogen-bond donors (Lipinski definition) is 1. The Morgan fingerprint density at radius 2 is 2.17 bits per heavy atom. The van der Waals surface area contributed by atoms with Gasteiger partial charge in [0.25, 0.3) is 0 Å². The van der Waals surface area contributed by atoms with Gasteiger partial charge in [0.05, 0.1) is 13.2 Å². The maximum atomic E-state index is 12.1. The summed E-state index contributed by atoms with van der Waals surface area (Å²) >= 11 is 5.82. The summed E-state index contributed by atoms with van der Waals surface area (Å²) in [5.74, 6) is 0.771. The third-order valence-corrected chi connectivity index (χ3v) is 3.62. The van der Waals surface area contributed by atoms with Crippen LogP contribution < -0.4 is 10.1 Å². The molecule has 1 aromatic heterocycles. The average molecular weight is 352 g/mol. The first kappa shape index (κ1) is 18.1. The smallest absolute Gasteiger partial charge is 0.317 e. The molecule has 2 amide bonds. The second kappa shape index (κ2) is 9.12. The zero-order valence-electron chi connectivity index (χ0n) is 13.9. The van der Waals surface area contributed by atoms with Crippen molar-refractivity contribution in [1.82, 2.24) is 25.0 Å². The number of nitrogens with zero attached hydrogens (tertiary/aromatic N) is 4. The van der Waals surface area contributed by atoms with E-state index in [1.807, 2.05) is 19.1 Å². The summed E-state index contributed by atoms with van der Waals surface area (Å²) in [6.45, 7) is 3.65. The van der Waals surface area contributed by atoms with Gasteiger partial charge in [-0.05, 0) is 37.6 Å². The second-order valence-electron chi connectivity index (χ2n) is 5.55. The van der Waals surface area contributed by atoms with Crippen LogP contribution in [-0.4, -0.2) is 51.9 Å². The minimum atomic E-state index is -0.117. The molecule has 0 fully saturated rings. The topological polar surface area (TPSA) is 72.3 Å². The van der Waals surface area contributed by atoms with Crippen molar-refractivity contribution in [2.24, 2.45) is 0 Å². The predicted molar refractivity (Wildman–Crippen MR) is 92.2 cm³/mol. The molecule has 0 aliphatic carbocycles. The van der Waals surface area contributed by atoms with Crippen molar-refractivity contribution in [2.75, 3.05) is 20.2 Å². The van der Waals surface area contributed by atoms with Crippen molar-refractivity contribution < 1.29 is 9.53 Å². The SMILES string of the molecule is C[C@H](Cn1cncn1)NC(=O)N(C)CCCOc1ccc(Cl)cc1. The van der Waals surface area contributed by atoms with E-state index in [9.17, 15) is 4.79 Å². The van der Waals surface area contributed by atoms with Gasteiger partial charge in [0.15, 0.2) is 0 Å². The molecule has 0 spiro atoms. The fourth-order valence-corrected chi connectivity index (χ4v) is 2.22. The highest BCUT2D eigenvalue weighted by molar-refractivity contribution is 6.30. The van der Waals surface area contributed by atoms with Crippen LogP contribution in [-0.2, 0) is 6.54 Å². The number of ether oxygens (including phenoxy) is 1. The van der Waals surface area contributed by atoms with Crippen LogP contribution in [0.2, 0.25) is 5.02 Å². The van der Waals surface area contributed by atoms with Crippen molar-refractivity contribution in [3.63, 3.8) is 0 Å². The summed E-state index contributed by atoms with van der Waals surface area (Å²) in [5.41, 5.74) is 0. The minimum absolute atomic E-state index is 0.0352. The van der Waals surface area contributed by atoms with Gasteiger partial charge in [0, 0.05) is 24.7 Å². The second-order valence-corrected chi connectivity index (χ2v) is 5.98. The number of amides is 2. The summed E-state index contributed by atoms with van der Waals surface area (Å²) in [6, 6.07) is 7.07. The van der Waals surface area contributed by atoms with Gasteiger partial charge < -0.3 is 15.0 Å². The van der Waals surface area contributed by atoms with Crippen LogP contribution in [0.15, 0.2) is 36.9 Å². The molecule has 1 atom stereocenters. The Bertz CT molecular complexity index is 618. The van der Waals surface area contributed by atoms with Gasteiger partial charge in [-0.2, -0.15) is 5.10 Å². The zero-order chi connectivity index (χ0) is 17.4. The Kier molecular flexibility index (Phi) is 6.87.